The first-order valence-electron chi connectivity index (χ1n) is 10.2. The first-order valence-corrected chi connectivity index (χ1v) is 12.9. The number of Topliss-reactive ketones (excluding diaryl/α,β-unsaturated/α-hetero) is 1. The Kier molecular flexibility index (Phi) is 17.6. The number of esters is 2. The van der Waals surface area contributed by atoms with E-state index >= 15 is 0 Å². The number of nitrogens with two attached hydrogens (primary N) is 1. The number of aliphatic hydroxyl groups excluding tert-OH is 1. The van der Waals surface area contributed by atoms with Gasteiger partial charge in [0.2, 0.25) is 5.78 Å². The lowest BCUT2D eigenvalue weighted by molar-refractivity contribution is -0.152. The Labute approximate surface area is 228 Å². The third-order valence-electron chi connectivity index (χ3n) is 3.27. The number of ether oxygens (including phenoxy) is 2. The van der Waals surface area contributed by atoms with Gasteiger partial charge in [0.25, 0.3) is 0 Å². The summed E-state index contributed by atoms with van der Waals surface area (Å²) in [5, 5.41) is 7.60. The van der Waals surface area contributed by atoms with Crippen LogP contribution in [0, 0.1) is 0 Å². The van der Waals surface area contributed by atoms with Crippen molar-refractivity contribution in [1.29, 1.82) is 0 Å². The number of nitrogen functional groups attached to an aromatic ring is 1. The Morgan fingerprint density at radius 3 is 2.09 bits per heavy atom. The summed E-state index contributed by atoms with van der Waals surface area (Å²) in [5.74, 6) is -1.16. The molecule has 3 aromatic rings. The van der Waals surface area contributed by atoms with Gasteiger partial charge in [0.05, 0.1) is 18.5 Å². The minimum atomic E-state index is -0.769. The summed E-state index contributed by atoms with van der Waals surface area (Å²) in [4.78, 5) is 40.1. The molecule has 0 aliphatic rings. The molecule has 0 amide bonds. The van der Waals surface area contributed by atoms with E-state index in [0.717, 1.165) is 14.6 Å². The number of imidazole rings is 1. The van der Waals surface area contributed by atoms with Crippen LogP contribution in [-0.4, -0.2) is 62.3 Å². The van der Waals surface area contributed by atoms with Crippen molar-refractivity contribution in [3.63, 3.8) is 0 Å². The first kappa shape index (κ1) is 32.6. The molecule has 13 heteroatoms. The second-order valence-corrected chi connectivity index (χ2v) is 8.35. The molecule has 3 aromatic heterocycles. The molecule has 3 heterocycles. The fraction of sp³-hybridized carbons (Fsp3) is 0.318. The van der Waals surface area contributed by atoms with E-state index in [0.29, 0.717) is 18.1 Å². The third-order valence-corrected chi connectivity index (χ3v) is 4.72. The Bertz CT molecular complexity index is 1040. The number of rotatable bonds is 5. The van der Waals surface area contributed by atoms with Crippen molar-refractivity contribution in [1.82, 2.24) is 14.4 Å². The maximum atomic E-state index is 11.4. The number of halogens is 3. The van der Waals surface area contributed by atoms with E-state index in [-0.39, 0.29) is 18.5 Å². The van der Waals surface area contributed by atoms with E-state index < -0.39 is 17.7 Å². The minimum Gasteiger partial charge on any atom is -0.461 e. The van der Waals surface area contributed by atoms with Gasteiger partial charge < -0.3 is 24.7 Å². The Morgan fingerprint density at radius 2 is 1.60 bits per heavy atom. The van der Waals surface area contributed by atoms with E-state index in [1.807, 2.05) is 24.4 Å². The number of aromatic nitrogens is 3. The highest BCUT2D eigenvalue weighted by atomic mass is 79.9. The molecule has 0 aliphatic heterocycles. The molecule has 0 aromatic carbocycles. The van der Waals surface area contributed by atoms with E-state index in [2.05, 4.69) is 62.5 Å². The topological polar surface area (TPSA) is 146 Å². The maximum Gasteiger partial charge on any atom is 0.375 e. The molecule has 0 radical (unpaired) electrons. The zero-order valence-electron chi connectivity index (χ0n) is 19.4. The fourth-order valence-electron chi connectivity index (χ4n) is 1.92. The highest BCUT2D eigenvalue weighted by molar-refractivity contribution is 9.10. The van der Waals surface area contributed by atoms with Crippen LogP contribution in [0.15, 0.2) is 51.8 Å². The fourth-order valence-corrected chi connectivity index (χ4v) is 2.74. The van der Waals surface area contributed by atoms with Crippen LogP contribution in [0.3, 0.4) is 0 Å². The predicted molar refractivity (Wildman–Crippen MR) is 143 cm³/mol. The molecule has 0 unspecified atom stereocenters. The number of pyridine rings is 2. The third kappa shape index (κ3) is 14.0. The van der Waals surface area contributed by atoms with Crippen LogP contribution in [0.4, 0.5) is 5.82 Å². The predicted octanol–water partition coefficient (Wildman–Crippen LogP) is 4.21. The van der Waals surface area contributed by atoms with Gasteiger partial charge in [-0.2, -0.15) is 0 Å². The number of hydrogen-bond donors (Lipinski definition) is 2. The Hall–Kier alpha value is -2.35. The van der Waals surface area contributed by atoms with Gasteiger partial charge in [0, 0.05) is 34.1 Å². The molecule has 10 nitrogen and oxygen atoms in total. The van der Waals surface area contributed by atoms with Crippen molar-refractivity contribution >= 4 is 77.0 Å². The van der Waals surface area contributed by atoms with Crippen LogP contribution < -0.4 is 5.73 Å². The monoisotopic (exact) mass is 680 g/mol. The molecule has 0 saturated heterocycles. The number of alkyl halides is 1. The molecule has 3 rings (SSSR count). The Morgan fingerprint density at radius 1 is 1.00 bits per heavy atom. The Balaban J connectivity index is 0.000000499. The van der Waals surface area contributed by atoms with Crippen molar-refractivity contribution in [3.05, 3.63) is 57.5 Å². The van der Waals surface area contributed by atoms with Gasteiger partial charge >= 0.3 is 11.9 Å². The summed E-state index contributed by atoms with van der Waals surface area (Å²) in [7, 11) is 0. The molecule has 0 saturated carbocycles. The van der Waals surface area contributed by atoms with E-state index in [1.54, 1.807) is 43.6 Å². The lowest BCUT2D eigenvalue weighted by atomic mass is 10.5. The summed E-state index contributed by atoms with van der Waals surface area (Å²) in [6.07, 6.45) is 5.15. The maximum absolute atomic E-state index is 11.4. The molecular weight excluding hydrogens is 656 g/mol. The molecule has 192 valence electrons. The zero-order valence-corrected chi connectivity index (χ0v) is 24.2. The van der Waals surface area contributed by atoms with Crippen molar-refractivity contribution in [2.75, 3.05) is 30.9 Å². The largest absolute Gasteiger partial charge is 0.461 e. The average Bonchev–Trinajstić information content (AvgIpc) is 3.25. The van der Waals surface area contributed by atoms with E-state index in [1.165, 1.54) is 0 Å². The van der Waals surface area contributed by atoms with E-state index in [4.69, 9.17) is 15.6 Å². The summed E-state index contributed by atoms with van der Waals surface area (Å²) in [5.41, 5.74) is 6.35. The number of ketones is 1. The van der Waals surface area contributed by atoms with Gasteiger partial charge in [-0.3, -0.25) is 4.79 Å². The van der Waals surface area contributed by atoms with Crippen molar-refractivity contribution in [2.45, 2.75) is 20.8 Å². The number of anilines is 1. The van der Waals surface area contributed by atoms with Crippen LogP contribution in [0.5, 0.6) is 0 Å². The smallest absolute Gasteiger partial charge is 0.375 e. The summed E-state index contributed by atoms with van der Waals surface area (Å²) in [6, 6.07) is 7.29. The second-order valence-electron chi connectivity index (χ2n) is 5.95. The van der Waals surface area contributed by atoms with Crippen molar-refractivity contribution < 1.29 is 29.0 Å². The standard InChI is InChI=1S/C10H9BrN2O2.C5H5BrN2.C5H7BrO3.C2H6O/c1-2-15-10(14)8-6-13-5-7(11)3-4-9(13)12-8;6-4-1-2-5(7)8-3-4;1-2-9-5(8)4(7)3-6;1-2-3/h3-6H,2H2,1H3;1-3H,(H2,7,8);2-3H2,1H3;3H,2H2,1H3. The van der Waals surface area contributed by atoms with Crippen LogP contribution in [0.1, 0.15) is 31.3 Å². The highest BCUT2D eigenvalue weighted by Gasteiger charge is 2.12. The van der Waals surface area contributed by atoms with Gasteiger partial charge in [0.15, 0.2) is 5.69 Å². The van der Waals surface area contributed by atoms with Gasteiger partial charge in [-0.15, -0.1) is 0 Å². The normalized spacial score (nSPS) is 9.34. The molecule has 0 spiro atoms. The van der Waals surface area contributed by atoms with Crippen LogP contribution >= 0.6 is 47.8 Å². The lowest BCUT2D eigenvalue weighted by Gasteiger charge is -1.95. The van der Waals surface area contributed by atoms with Gasteiger partial charge in [-0.1, -0.05) is 15.9 Å². The van der Waals surface area contributed by atoms with E-state index in [9.17, 15) is 14.4 Å². The van der Waals surface area contributed by atoms with Crippen LogP contribution in [0.2, 0.25) is 0 Å². The molecule has 0 bridgehead atoms. The number of nitrogens with zero attached hydrogens (tertiary/aromatic N) is 3. The molecule has 0 fully saturated rings. The summed E-state index contributed by atoms with van der Waals surface area (Å²) >= 11 is 9.41. The van der Waals surface area contributed by atoms with Gasteiger partial charge in [-0.25, -0.2) is 19.6 Å². The van der Waals surface area contributed by atoms with Crippen molar-refractivity contribution in [3.8, 4) is 0 Å². The number of carbonyl (C=O) groups excluding carboxylic acids is 3. The van der Waals surface area contributed by atoms with Crippen molar-refractivity contribution in [2.24, 2.45) is 0 Å². The number of carbonyl (C=O) groups is 3. The molecule has 3 N–H and O–H groups in total. The highest BCUT2D eigenvalue weighted by Crippen LogP contribution is 2.13. The number of aliphatic hydroxyl groups is 1. The molecule has 35 heavy (non-hydrogen) atoms. The minimum absolute atomic E-state index is 0.0336. The first-order chi connectivity index (χ1) is 16.6. The number of hydrogen-bond acceptors (Lipinski definition) is 9. The van der Waals surface area contributed by atoms with Gasteiger partial charge in [-0.05, 0) is 76.9 Å². The molecular formula is C22H27Br3N4O6. The SMILES string of the molecule is CCO.CCOC(=O)C(=O)CBr.CCOC(=O)c1cn2cc(Br)ccc2n1.Nc1ccc(Br)cn1. The second kappa shape index (κ2) is 18.9. The number of fused-ring (bicyclic) bond motifs is 1. The quantitative estimate of drug-likeness (QED) is 0.230. The zero-order chi connectivity index (χ0) is 26.8. The lowest BCUT2D eigenvalue weighted by Crippen LogP contribution is -2.17. The summed E-state index contributed by atoms with van der Waals surface area (Å²) in [6.45, 7) is 5.96. The van der Waals surface area contributed by atoms with Crippen LogP contribution in [-0.2, 0) is 19.1 Å². The van der Waals surface area contributed by atoms with Crippen LogP contribution in [0.25, 0.3) is 5.65 Å². The van der Waals surface area contributed by atoms with Gasteiger partial charge in [0.1, 0.15) is 11.5 Å². The summed E-state index contributed by atoms with van der Waals surface area (Å²) < 4.78 is 12.9. The average molecular weight is 683 g/mol. The molecule has 0 aliphatic carbocycles. The molecule has 0 atom stereocenters.